The number of nitrogens with zero attached hydrogens (tertiary/aromatic N) is 3. The molecule has 15 heavy (non-hydrogen) atoms. The summed E-state index contributed by atoms with van der Waals surface area (Å²) in [6, 6.07) is 0. The zero-order valence-electron chi connectivity index (χ0n) is 7.72. The van der Waals surface area contributed by atoms with E-state index in [2.05, 4.69) is 25.9 Å². The molecular weight excluding hydrogens is 262 g/mol. The summed E-state index contributed by atoms with van der Waals surface area (Å²) in [5.41, 5.74) is 0.848. The summed E-state index contributed by atoms with van der Waals surface area (Å²) >= 11 is 3.30. The van der Waals surface area contributed by atoms with E-state index in [0.29, 0.717) is 12.2 Å². The van der Waals surface area contributed by atoms with Crippen molar-refractivity contribution in [2.45, 2.75) is 12.8 Å². The first-order chi connectivity index (χ1) is 7.16. The minimum Gasteiger partial charge on any atom is -0.481 e. The van der Waals surface area contributed by atoms with Crippen LogP contribution >= 0.6 is 15.9 Å². The van der Waals surface area contributed by atoms with Crippen LogP contribution in [0.4, 0.5) is 0 Å². The lowest BCUT2D eigenvalue weighted by molar-refractivity contribution is -0.136. The van der Waals surface area contributed by atoms with Gasteiger partial charge in [0.25, 0.3) is 0 Å². The first kappa shape index (κ1) is 10.1. The zero-order valence-corrected chi connectivity index (χ0v) is 9.31. The topological polar surface area (TPSA) is 67.5 Å². The summed E-state index contributed by atoms with van der Waals surface area (Å²) in [5.74, 6) is -0.230. The fourth-order valence-corrected chi connectivity index (χ4v) is 1.62. The zero-order chi connectivity index (χ0) is 10.8. The van der Waals surface area contributed by atoms with Crippen molar-refractivity contribution in [3.63, 3.8) is 0 Å². The number of imidazole rings is 1. The van der Waals surface area contributed by atoms with E-state index in [9.17, 15) is 4.79 Å². The van der Waals surface area contributed by atoms with Crippen molar-refractivity contribution in [3.05, 3.63) is 28.8 Å². The fraction of sp³-hybridized carbons (Fsp3) is 0.222. The number of aliphatic carboxylic acids is 1. The van der Waals surface area contributed by atoms with Gasteiger partial charge in [0.1, 0.15) is 0 Å². The van der Waals surface area contributed by atoms with Crippen molar-refractivity contribution in [3.8, 4) is 0 Å². The van der Waals surface area contributed by atoms with Gasteiger partial charge in [0.15, 0.2) is 0 Å². The fourth-order valence-electron chi connectivity index (χ4n) is 1.32. The lowest BCUT2D eigenvalue weighted by atomic mass is 10.2. The highest BCUT2D eigenvalue weighted by atomic mass is 79.9. The highest BCUT2D eigenvalue weighted by Gasteiger charge is 2.06. The molecule has 0 aromatic carbocycles. The standard InChI is InChI=1S/C9H8BrN3O2/c10-6-3-11-9-12-4-7(13(9)5-6)1-2-8(14)15/h3-5H,1-2H2,(H,14,15). The maximum absolute atomic E-state index is 10.4. The number of fused-ring (bicyclic) bond motifs is 1. The van der Waals surface area contributed by atoms with Crippen LogP contribution in [-0.4, -0.2) is 25.4 Å². The van der Waals surface area contributed by atoms with Gasteiger partial charge in [0.2, 0.25) is 5.78 Å². The summed E-state index contributed by atoms with van der Waals surface area (Å²) in [6.45, 7) is 0. The molecule has 0 aliphatic carbocycles. The number of rotatable bonds is 3. The lowest BCUT2D eigenvalue weighted by Crippen LogP contribution is -2.00. The Balaban J connectivity index is 2.35. The summed E-state index contributed by atoms with van der Waals surface area (Å²) in [7, 11) is 0. The third kappa shape index (κ3) is 2.15. The molecule has 2 rings (SSSR count). The number of aromatic nitrogens is 3. The third-order valence-corrected chi connectivity index (χ3v) is 2.41. The van der Waals surface area contributed by atoms with Crippen LogP contribution in [0.15, 0.2) is 23.1 Å². The Morgan fingerprint density at radius 1 is 1.47 bits per heavy atom. The van der Waals surface area contributed by atoms with Gasteiger partial charge in [0, 0.05) is 24.5 Å². The molecule has 0 fully saturated rings. The second-order valence-corrected chi connectivity index (χ2v) is 4.00. The molecule has 1 N–H and O–H groups in total. The second kappa shape index (κ2) is 3.98. The number of carboxylic acids is 1. The maximum Gasteiger partial charge on any atom is 0.303 e. The van der Waals surface area contributed by atoms with Gasteiger partial charge >= 0.3 is 5.97 Å². The Morgan fingerprint density at radius 2 is 2.20 bits per heavy atom. The summed E-state index contributed by atoms with van der Waals surface area (Å²) in [4.78, 5) is 18.6. The predicted molar refractivity (Wildman–Crippen MR) is 56.6 cm³/mol. The van der Waals surface area contributed by atoms with Crippen LogP contribution in [0.1, 0.15) is 12.1 Å². The van der Waals surface area contributed by atoms with Crippen molar-refractivity contribution >= 4 is 27.7 Å². The van der Waals surface area contributed by atoms with Crippen LogP contribution in [0.2, 0.25) is 0 Å². The van der Waals surface area contributed by atoms with Crippen molar-refractivity contribution < 1.29 is 9.90 Å². The highest BCUT2D eigenvalue weighted by molar-refractivity contribution is 9.10. The highest BCUT2D eigenvalue weighted by Crippen LogP contribution is 2.12. The molecule has 0 amide bonds. The SMILES string of the molecule is O=C(O)CCc1cnc2ncc(Br)cn12. The first-order valence-corrected chi connectivity index (χ1v) is 5.15. The number of halogens is 1. The van der Waals surface area contributed by atoms with Gasteiger partial charge < -0.3 is 5.11 Å². The Hall–Kier alpha value is -1.43. The summed E-state index contributed by atoms with van der Waals surface area (Å²) in [5, 5.41) is 8.58. The van der Waals surface area contributed by atoms with E-state index in [1.807, 2.05) is 6.20 Å². The molecule has 2 aromatic rings. The number of carbonyl (C=O) groups is 1. The molecule has 0 bridgehead atoms. The van der Waals surface area contributed by atoms with E-state index in [1.54, 1.807) is 16.8 Å². The Labute approximate surface area is 93.9 Å². The van der Waals surface area contributed by atoms with Gasteiger partial charge in [-0.1, -0.05) is 0 Å². The average Bonchev–Trinajstić information content (AvgIpc) is 2.57. The lowest BCUT2D eigenvalue weighted by Gasteiger charge is -1.99. The van der Waals surface area contributed by atoms with Gasteiger partial charge in [-0.25, -0.2) is 9.97 Å². The third-order valence-electron chi connectivity index (χ3n) is 2.00. The van der Waals surface area contributed by atoms with Crippen molar-refractivity contribution in [1.82, 2.24) is 14.4 Å². The molecule has 0 unspecified atom stereocenters. The molecule has 0 aliphatic rings. The van der Waals surface area contributed by atoms with Crippen LogP contribution in [-0.2, 0) is 11.2 Å². The van der Waals surface area contributed by atoms with E-state index in [4.69, 9.17) is 5.11 Å². The van der Waals surface area contributed by atoms with Crippen LogP contribution in [0.5, 0.6) is 0 Å². The molecule has 0 radical (unpaired) electrons. The van der Waals surface area contributed by atoms with Gasteiger partial charge in [-0.2, -0.15) is 0 Å². The molecule has 2 aromatic heterocycles. The van der Waals surface area contributed by atoms with E-state index in [-0.39, 0.29) is 6.42 Å². The quantitative estimate of drug-likeness (QED) is 0.917. The Bertz CT molecular complexity index is 509. The smallest absolute Gasteiger partial charge is 0.303 e. The second-order valence-electron chi connectivity index (χ2n) is 3.09. The maximum atomic E-state index is 10.4. The van der Waals surface area contributed by atoms with Crippen molar-refractivity contribution in [2.75, 3.05) is 0 Å². The van der Waals surface area contributed by atoms with Crippen molar-refractivity contribution in [1.29, 1.82) is 0 Å². The Morgan fingerprint density at radius 3 is 2.93 bits per heavy atom. The molecule has 2 heterocycles. The largest absolute Gasteiger partial charge is 0.481 e. The molecule has 0 saturated heterocycles. The van der Waals surface area contributed by atoms with Crippen molar-refractivity contribution in [2.24, 2.45) is 0 Å². The average molecular weight is 270 g/mol. The number of carboxylic acid groups (broad SMARTS) is 1. The normalized spacial score (nSPS) is 10.7. The molecular formula is C9H8BrN3O2. The number of hydrogen-bond donors (Lipinski definition) is 1. The van der Waals surface area contributed by atoms with Gasteiger partial charge in [-0.3, -0.25) is 9.20 Å². The number of hydrogen-bond acceptors (Lipinski definition) is 3. The first-order valence-electron chi connectivity index (χ1n) is 4.36. The van der Waals surface area contributed by atoms with Crippen LogP contribution in [0.3, 0.4) is 0 Å². The van der Waals surface area contributed by atoms with Crippen LogP contribution in [0.25, 0.3) is 5.78 Å². The molecule has 5 nitrogen and oxygen atoms in total. The minimum atomic E-state index is -0.812. The van der Waals surface area contributed by atoms with E-state index in [1.165, 1.54) is 0 Å². The Kier molecular flexibility index (Phi) is 2.68. The van der Waals surface area contributed by atoms with E-state index in [0.717, 1.165) is 10.2 Å². The number of aryl methyl sites for hydroxylation is 1. The molecule has 0 atom stereocenters. The molecule has 0 spiro atoms. The molecule has 78 valence electrons. The van der Waals surface area contributed by atoms with Crippen LogP contribution < -0.4 is 0 Å². The van der Waals surface area contributed by atoms with Gasteiger partial charge in [-0.15, -0.1) is 0 Å². The monoisotopic (exact) mass is 269 g/mol. The molecule has 6 heteroatoms. The van der Waals surface area contributed by atoms with E-state index >= 15 is 0 Å². The van der Waals surface area contributed by atoms with Gasteiger partial charge in [-0.05, 0) is 15.9 Å². The molecule has 0 aliphatic heterocycles. The molecule has 0 saturated carbocycles. The van der Waals surface area contributed by atoms with Gasteiger partial charge in [0.05, 0.1) is 17.1 Å². The summed E-state index contributed by atoms with van der Waals surface area (Å²) < 4.78 is 2.62. The van der Waals surface area contributed by atoms with Crippen LogP contribution in [0, 0.1) is 0 Å². The summed E-state index contributed by atoms with van der Waals surface area (Å²) in [6.07, 6.45) is 5.68. The predicted octanol–water partition coefficient (Wildman–Crippen LogP) is 1.51. The minimum absolute atomic E-state index is 0.0975. The van der Waals surface area contributed by atoms with E-state index < -0.39 is 5.97 Å².